The van der Waals surface area contributed by atoms with E-state index in [2.05, 4.69) is 71.4 Å². The van der Waals surface area contributed by atoms with Crippen LogP contribution in [0.15, 0.2) is 148 Å². The lowest BCUT2D eigenvalue weighted by Crippen LogP contribution is -2.60. The highest BCUT2D eigenvalue weighted by molar-refractivity contribution is 7.99. The highest BCUT2D eigenvalue weighted by Crippen LogP contribution is 2.58. The molecule has 3 aliphatic rings. The molecule has 5 aromatic rings. The predicted octanol–water partition coefficient (Wildman–Crippen LogP) is 9.49. The van der Waals surface area contributed by atoms with Gasteiger partial charge in [-0.25, -0.2) is 8.78 Å². The Labute approximate surface area is 278 Å². The number of rotatable bonds is 5. The van der Waals surface area contributed by atoms with Crippen LogP contribution in [0.1, 0.15) is 34.9 Å². The number of likely N-dealkylation sites (tertiary alicyclic amines) is 1. The molecule has 1 saturated heterocycles. The molecule has 3 aliphatic heterocycles. The molecule has 4 atom stereocenters. The van der Waals surface area contributed by atoms with Crippen LogP contribution in [0.25, 0.3) is 0 Å². The van der Waals surface area contributed by atoms with E-state index in [9.17, 15) is 8.78 Å². The number of fused-ring (bicyclic) bond motifs is 3. The molecular weight excluding hydrogens is 607 g/mol. The third kappa shape index (κ3) is 5.18. The van der Waals surface area contributed by atoms with Crippen LogP contribution in [0, 0.1) is 23.0 Å². The fourth-order valence-corrected chi connectivity index (χ4v) is 8.93. The largest absolute Gasteiger partial charge is 0.301 e. The lowest BCUT2D eigenvalue weighted by atomic mass is 9.62. The number of nitrogens with zero attached hydrogens (tertiary/aromatic N) is 4. The summed E-state index contributed by atoms with van der Waals surface area (Å²) in [4.78, 5) is 9.28. The van der Waals surface area contributed by atoms with Crippen molar-refractivity contribution in [1.82, 2.24) is 4.90 Å². The summed E-state index contributed by atoms with van der Waals surface area (Å²) in [5.74, 6) is -0.554. The van der Waals surface area contributed by atoms with Gasteiger partial charge in [0.15, 0.2) is 0 Å². The maximum atomic E-state index is 14.5. The number of halogens is 2. The van der Waals surface area contributed by atoms with Crippen molar-refractivity contribution in [3.8, 4) is 0 Å². The second-order valence-electron chi connectivity index (χ2n) is 12.4. The zero-order chi connectivity index (χ0) is 32.0. The summed E-state index contributed by atoms with van der Waals surface area (Å²) in [5.41, 5.74) is 6.22. The minimum atomic E-state index is -0.718. The van der Waals surface area contributed by atoms with Crippen molar-refractivity contribution < 1.29 is 8.78 Å². The summed E-state index contributed by atoms with van der Waals surface area (Å²) in [6, 6.07) is 42.5. The first kappa shape index (κ1) is 29.8. The van der Waals surface area contributed by atoms with Gasteiger partial charge in [-0.15, -0.1) is 11.8 Å². The topological polar surface area (TPSA) is 31.2 Å². The summed E-state index contributed by atoms with van der Waals surface area (Å²) >= 11 is 1.80. The van der Waals surface area contributed by atoms with E-state index < -0.39 is 5.41 Å². The summed E-state index contributed by atoms with van der Waals surface area (Å²) in [7, 11) is 0. The average molecular weight is 641 g/mol. The average Bonchev–Trinajstić information content (AvgIpc) is 3.34. The second-order valence-corrected chi connectivity index (χ2v) is 13.6. The van der Waals surface area contributed by atoms with Gasteiger partial charge in [0.1, 0.15) is 11.6 Å². The fourth-order valence-electron chi connectivity index (χ4n) is 7.59. The predicted molar refractivity (Wildman–Crippen MR) is 188 cm³/mol. The van der Waals surface area contributed by atoms with E-state index in [1.165, 1.54) is 0 Å². The SMILES string of the molecule is CCN1C[C@H]2C(=Nc3ccccc3S[C@H]2c2ccc(F)cc2)C2(C1)C(c1ccccc1)=NN(c1ccccc1)[C@@H]2c1ccc(F)cc1. The van der Waals surface area contributed by atoms with Crippen LogP contribution in [-0.4, -0.2) is 36.0 Å². The van der Waals surface area contributed by atoms with Gasteiger partial charge in [-0.2, -0.15) is 5.10 Å². The number of hydrogen-bond donors (Lipinski definition) is 0. The molecule has 3 heterocycles. The van der Waals surface area contributed by atoms with Crippen LogP contribution in [0.4, 0.5) is 20.2 Å². The van der Waals surface area contributed by atoms with Crippen LogP contribution in [-0.2, 0) is 0 Å². The lowest BCUT2D eigenvalue weighted by Gasteiger charge is -2.50. The van der Waals surface area contributed by atoms with Crippen molar-refractivity contribution in [1.29, 1.82) is 0 Å². The molecule has 0 aromatic heterocycles. The standard InChI is InChI=1S/C40H34F2N4S/c1-2-45-25-33-36(27-17-21-30(41)22-18-27)47-35-16-10-9-15-34(35)43-38(33)40(26-45)37(28-11-5-3-6-12-28)44-46(32-13-7-4-8-14-32)39(40)29-19-23-31(42)24-20-29/h3-24,33,36,39H,2,25-26H2,1H3/t33-,36+,39-,40?/m1/s1. The quantitative estimate of drug-likeness (QED) is 0.192. The third-order valence-corrected chi connectivity index (χ3v) is 11.2. The minimum Gasteiger partial charge on any atom is -0.301 e. The maximum Gasteiger partial charge on any atom is 0.123 e. The van der Waals surface area contributed by atoms with Crippen LogP contribution in [0.5, 0.6) is 0 Å². The first-order valence-corrected chi connectivity index (χ1v) is 17.0. The van der Waals surface area contributed by atoms with Gasteiger partial charge in [-0.05, 0) is 71.8 Å². The van der Waals surface area contributed by atoms with Crippen LogP contribution < -0.4 is 5.01 Å². The van der Waals surface area contributed by atoms with E-state index in [4.69, 9.17) is 10.1 Å². The van der Waals surface area contributed by atoms with Crippen LogP contribution >= 0.6 is 11.8 Å². The minimum absolute atomic E-state index is 0.0270. The molecule has 0 N–H and O–H groups in total. The molecule has 1 spiro atoms. The Morgan fingerprint density at radius 2 is 1.36 bits per heavy atom. The van der Waals surface area contributed by atoms with E-state index in [-0.39, 0.29) is 28.8 Å². The summed E-state index contributed by atoms with van der Waals surface area (Å²) < 4.78 is 28.8. The first-order valence-electron chi connectivity index (χ1n) is 16.1. The van der Waals surface area contributed by atoms with Crippen LogP contribution in [0.2, 0.25) is 0 Å². The third-order valence-electron chi connectivity index (χ3n) is 9.70. The zero-order valence-electron chi connectivity index (χ0n) is 26.0. The smallest absolute Gasteiger partial charge is 0.123 e. The van der Waals surface area contributed by atoms with Gasteiger partial charge in [0.25, 0.3) is 0 Å². The second kappa shape index (κ2) is 12.2. The summed E-state index contributed by atoms with van der Waals surface area (Å²) in [6.45, 7) is 4.52. The molecule has 0 radical (unpaired) electrons. The molecule has 5 aromatic carbocycles. The van der Waals surface area contributed by atoms with Crippen molar-refractivity contribution in [2.45, 2.75) is 23.1 Å². The Balaban J connectivity index is 1.45. The Kier molecular flexibility index (Phi) is 7.74. The Morgan fingerprint density at radius 1 is 0.745 bits per heavy atom. The van der Waals surface area contributed by atoms with Gasteiger partial charge < -0.3 is 4.90 Å². The van der Waals surface area contributed by atoms with Crippen molar-refractivity contribution >= 4 is 34.6 Å². The van der Waals surface area contributed by atoms with E-state index in [1.54, 1.807) is 36.0 Å². The maximum absolute atomic E-state index is 14.5. The van der Waals surface area contributed by atoms with Gasteiger partial charge in [0.2, 0.25) is 0 Å². The molecule has 234 valence electrons. The molecule has 1 unspecified atom stereocenters. The normalized spacial score (nSPS) is 23.9. The molecule has 0 saturated carbocycles. The molecule has 0 bridgehead atoms. The fraction of sp³-hybridized carbons (Fsp3) is 0.200. The Bertz CT molecular complexity index is 1950. The van der Waals surface area contributed by atoms with Crippen molar-refractivity contribution in [3.05, 3.63) is 162 Å². The molecule has 0 amide bonds. The number of hydrazone groups is 1. The lowest BCUT2D eigenvalue weighted by molar-refractivity contribution is 0.180. The number of piperidine rings is 1. The number of anilines is 1. The zero-order valence-corrected chi connectivity index (χ0v) is 26.8. The van der Waals surface area contributed by atoms with Gasteiger partial charge in [-0.1, -0.05) is 91.9 Å². The molecular formula is C40H34F2N4S. The van der Waals surface area contributed by atoms with Crippen molar-refractivity contribution in [2.24, 2.45) is 21.4 Å². The highest BCUT2D eigenvalue weighted by Gasteiger charge is 2.61. The van der Waals surface area contributed by atoms with Gasteiger partial charge in [-0.3, -0.25) is 10.0 Å². The van der Waals surface area contributed by atoms with E-state index in [1.807, 2.05) is 54.6 Å². The van der Waals surface area contributed by atoms with Gasteiger partial charge >= 0.3 is 0 Å². The number of benzene rings is 5. The first-order chi connectivity index (χ1) is 23.0. The summed E-state index contributed by atoms with van der Waals surface area (Å²) in [5, 5.41) is 7.64. The van der Waals surface area contributed by atoms with E-state index in [0.717, 1.165) is 57.5 Å². The Hall–Kier alpha value is -4.59. The number of para-hydroxylation sites is 2. The molecule has 4 nitrogen and oxygen atoms in total. The van der Waals surface area contributed by atoms with Crippen molar-refractivity contribution in [2.75, 3.05) is 24.6 Å². The van der Waals surface area contributed by atoms with Gasteiger partial charge in [0, 0.05) is 34.9 Å². The molecule has 7 heteroatoms. The number of thioether (sulfide) groups is 1. The van der Waals surface area contributed by atoms with Gasteiger partial charge in [0.05, 0.1) is 28.5 Å². The van der Waals surface area contributed by atoms with Crippen molar-refractivity contribution in [3.63, 3.8) is 0 Å². The summed E-state index contributed by atoms with van der Waals surface area (Å²) in [6.07, 6.45) is 0. The monoisotopic (exact) mass is 640 g/mol. The number of hydrogen-bond acceptors (Lipinski definition) is 5. The highest BCUT2D eigenvalue weighted by atomic mass is 32.2. The molecule has 0 aliphatic carbocycles. The van der Waals surface area contributed by atoms with E-state index >= 15 is 0 Å². The van der Waals surface area contributed by atoms with E-state index in [0.29, 0.717) is 6.54 Å². The van der Waals surface area contributed by atoms with Crippen LogP contribution in [0.3, 0.4) is 0 Å². The molecule has 1 fully saturated rings. The molecule has 8 rings (SSSR count). The Morgan fingerprint density at radius 3 is 2.04 bits per heavy atom. The number of aliphatic imine (C=N–C) groups is 1. The molecule has 47 heavy (non-hydrogen) atoms.